The second-order valence-electron chi connectivity index (χ2n) is 3.39. The molecular formula is C9H13N5O. The van der Waals surface area contributed by atoms with Crippen LogP contribution in [0.5, 0.6) is 0 Å². The molecule has 15 heavy (non-hydrogen) atoms. The van der Waals surface area contributed by atoms with Crippen LogP contribution >= 0.6 is 0 Å². The number of aliphatic hydroxyl groups excluding tert-OH is 1. The van der Waals surface area contributed by atoms with Crippen molar-refractivity contribution < 1.29 is 5.11 Å². The predicted molar refractivity (Wildman–Crippen MR) is 53.0 cm³/mol. The van der Waals surface area contributed by atoms with Crippen molar-refractivity contribution in [1.82, 2.24) is 24.5 Å². The average molecular weight is 207 g/mol. The van der Waals surface area contributed by atoms with Crippen molar-refractivity contribution in [3.05, 3.63) is 29.6 Å². The molecular weight excluding hydrogens is 194 g/mol. The largest absolute Gasteiger partial charge is 0.388 e. The zero-order valence-corrected chi connectivity index (χ0v) is 8.75. The van der Waals surface area contributed by atoms with Crippen molar-refractivity contribution >= 4 is 0 Å². The van der Waals surface area contributed by atoms with E-state index < -0.39 is 0 Å². The first-order valence-electron chi connectivity index (χ1n) is 4.67. The lowest BCUT2D eigenvalue weighted by atomic mass is 10.3. The summed E-state index contributed by atoms with van der Waals surface area (Å²) in [6.45, 7) is 2.42. The zero-order chi connectivity index (χ0) is 10.8. The molecule has 6 heteroatoms. The molecule has 0 atom stereocenters. The summed E-state index contributed by atoms with van der Waals surface area (Å²) in [4.78, 5) is 3.94. The molecule has 0 radical (unpaired) electrons. The van der Waals surface area contributed by atoms with Crippen LogP contribution in [0.1, 0.15) is 17.2 Å². The zero-order valence-electron chi connectivity index (χ0n) is 8.75. The summed E-state index contributed by atoms with van der Waals surface area (Å²) in [6.07, 6.45) is 1.44. The maximum absolute atomic E-state index is 9.01. The number of nitrogens with zero attached hydrogens (tertiary/aromatic N) is 5. The van der Waals surface area contributed by atoms with Crippen LogP contribution in [0, 0.1) is 6.92 Å². The first kappa shape index (κ1) is 9.85. The van der Waals surface area contributed by atoms with Gasteiger partial charge in [-0.15, -0.1) is 0 Å². The maximum atomic E-state index is 9.01. The third-order valence-electron chi connectivity index (χ3n) is 2.25. The molecule has 0 spiro atoms. The summed E-state index contributed by atoms with van der Waals surface area (Å²) in [5.41, 5.74) is 2.01. The van der Waals surface area contributed by atoms with Crippen molar-refractivity contribution in [2.75, 3.05) is 0 Å². The Hall–Kier alpha value is -1.69. The van der Waals surface area contributed by atoms with E-state index in [0.29, 0.717) is 12.4 Å². The van der Waals surface area contributed by atoms with Gasteiger partial charge in [0, 0.05) is 7.05 Å². The van der Waals surface area contributed by atoms with E-state index in [0.717, 1.165) is 11.4 Å². The van der Waals surface area contributed by atoms with E-state index in [1.807, 2.05) is 20.0 Å². The van der Waals surface area contributed by atoms with Gasteiger partial charge >= 0.3 is 0 Å². The molecule has 2 heterocycles. The number of rotatable bonds is 3. The molecule has 2 rings (SSSR count). The summed E-state index contributed by atoms with van der Waals surface area (Å²) in [7, 11) is 1.89. The van der Waals surface area contributed by atoms with Gasteiger partial charge in [0.15, 0.2) is 5.82 Å². The van der Waals surface area contributed by atoms with E-state index in [4.69, 9.17) is 5.11 Å². The molecule has 0 aromatic carbocycles. The number of aromatic nitrogens is 5. The molecule has 6 nitrogen and oxygen atoms in total. The highest BCUT2D eigenvalue weighted by Gasteiger charge is 2.07. The van der Waals surface area contributed by atoms with Crippen LogP contribution in [-0.4, -0.2) is 29.7 Å². The van der Waals surface area contributed by atoms with Crippen LogP contribution in [0.3, 0.4) is 0 Å². The van der Waals surface area contributed by atoms with E-state index in [9.17, 15) is 0 Å². The van der Waals surface area contributed by atoms with Crippen LogP contribution in [0.25, 0.3) is 0 Å². The smallest absolute Gasteiger partial charge is 0.152 e. The minimum Gasteiger partial charge on any atom is -0.388 e. The number of aliphatic hydroxyl groups is 1. The molecule has 2 aromatic heterocycles. The monoisotopic (exact) mass is 207 g/mol. The number of hydrogen-bond donors (Lipinski definition) is 1. The molecule has 0 aliphatic carbocycles. The van der Waals surface area contributed by atoms with E-state index in [1.165, 1.54) is 6.33 Å². The van der Waals surface area contributed by atoms with Crippen LogP contribution < -0.4 is 0 Å². The quantitative estimate of drug-likeness (QED) is 0.760. The van der Waals surface area contributed by atoms with Crippen LogP contribution in [0.15, 0.2) is 12.4 Å². The van der Waals surface area contributed by atoms with Crippen LogP contribution in [-0.2, 0) is 20.2 Å². The molecule has 80 valence electrons. The Bertz CT molecular complexity index is 459. The van der Waals surface area contributed by atoms with Crippen LogP contribution in [0.2, 0.25) is 0 Å². The van der Waals surface area contributed by atoms with E-state index >= 15 is 0 Å². The molecule has 1 N–H and O–H groups in total. The van der Waals surface area contributed by atoms with Gasteiger partial charge < -0.3 is 5.11 Å². The fourth-order valence-corrected chi connectivity index (χ4v) is 1.51. The normalized spacial score (nSPS) is 10.9. The minimum absolute atomic E-state index is 0.100. The Morgan fingerprint density at radius 1 is 1.47 bits per heavy atom. The lowest BCUT2D eigenvalue weighted by Crippen LogP contribution is -2.10. The van der Waals surface area contributed by atoms with Crippen molar-refractivity contribution in [2.24, 2.45) is 7.05 Å². The number of aryl methyl sites for hydroxylation is 2. The minimum atomic E-state index is -0.100. The van der Waals surface area contributed by atoms with Gasteiger partial charge in [0.25, 0.3) is 0 Å². The maximum Gasteiger partial charge on any atom is 0.152 e. The van der Waals surface area contributed by atoms with Crippen molar-refractivity contribution in [3.8, 4) is 0 Å². The highest BCUT2D eigenvalue weighted by Crippen LogP contribution is 2.05. The molecule has 0 saturated carbocycles. The Kier molecular flexibility index (Phi) is 2.51. The summed E-state index contributed by atoms with van der Waals surface area (Å²) in [5, 5.41) is 17.3. The van der Waals surface area contributed by atoms with E-state index in [2.05, 4.69) is 15.2 Å². The van der Waals surface area contributed by atoms with Gasteiger partial charge in [-0.1, -0.05) is 0 Å². The molecule has 0 amide bonds. The third kappa shape index (κ3) is 1.89. The average Bonchev–Trinajstić information content (AvgIpc) is 2.74. The Balaban J connectivity index is 2.25. The standard InChI is InChI=1S/C9H13N5O/c1-7-3-8(13(2)12-7)4-14-9(5-15)10-6-11-14/h3,6,15H,4-5H2,1-2H3. The topological polar surface area (TPSA) is 68.8 Å². The van der Waals surface area contributed by atoms with Gasteiger partial charge in [0.1, 0.15) is 12.9 Å². The molecule has 0 bridgehead atoms. The van der Waals surface area contributed by atoms with Crippen LogP contribution in [0.4, 0.5) is 0 Å². The Morgan fingerprint density at radius 2 is 2.27 bits per heavy atom. The van der Waals surface area contributed by atoms with Gasteiger partial charge in [-0.3, -0.25) is 4.68 Å². The lowest BCUT2D eigenvalue weighted by molar-refractivity contribution is 0.263. The van der Waals surface area contributed by atoms with Crippen molar-refractivity contribution in [3.63, 3.8) is 0 Å². The fourth-order valence-electron chi connectivity index (χ4n) is 1.51. The lowest BCUT2D eigenvalue weighted by Gasteiger charge is -2.03. The Morgan fingerprint density at radius 3 is 2.87 bits per heavy atom. The predicted octanol–water partition coefficient (Wildman–Crippen LogP) is -0.139. The van der Waals surface area contributed by atoms with Gasteiger partial charge in [-0.05, 0) is 13.0 Å². The first-order valence-corrected chi connectivity index (χ1v) is 4.67. The summed E-state index contributed by atoms with van der Waals surface area (Å²) in [6, 6.07) is 1.99. The Labute approximate surface area is 87.2 Å². The SMILES string of the molecule is Cc1cc(Cn2ncnc2CO)n(C)n1. The molecule has 0 saturated heterocycles. The first-order chi connectivity index (χ1) is 7.20. The van der Waals surface area contributed by atoms with E-state index in [-0.39, 0.29) is 6.61 Å². The summed E-state index contributed by atoms with van der Waals surface area (Å²) < 4.78 is 3.47. The molecule has 0 aliphatic rings. The molecule has 0 fully saturated rings. The van der Waals surface area contributed by atoms with Gasteiger partial charge in [0.05, 0.1) is 17.9 Å². The number of hydrogen-bond acceptors (Lipinski definition) is 4. The molecule has 2 aromatic rings. The fraction of sp³-hybridized carbons (Fsp3) is 0.444. The molecule has 0 aliphatic heterocycles. The molecule has 0 unspecified atom stereocenters. The highest BCUT2D eigenvalue weighted by atomic mass is 16.3. The summed E-state index contributed by atoms with van der Waals surface area (Å²) >= 11 is 0. The van der Waals surface area contributed by atoms with Gasteiger partial charge in [-0.25, -0.2) is 9.67 Å². The third-order valence-corrected chi connectivity index (χ3v) is 2.25. The van der Waals surface area contributed by atoms with E-state index in [1.54, 1.807) is 9.36 Å². The van der Waals surface area contributed by atoms with Crippen molar-refractivity contribution in [1.29, 1.82) is 0 Å². The van der Waals surface area contributed by atoms with Crippen molar-refractivity contribution in [2.45, 2.75) is 20.1 Å². The second kappa shape index (κ2) is 3.82. The highest BCUT2D eigenvalue weighted by molar-refractivity contribution is 5.09. The van der Waals surface area contributed by atoms with Gasteiger partial charge in [-0.2, -0.15) is 10.2 Å². The van der Waals surface area contributed by atoms with Gasteiger partial charge in [0.2, 0.25) is 0 Å². The second-order valence-corrected chi connectivity index (χ2v) is 3.39. The summed E-state index contributed by atoms with van der Waals surface area (Å²) in [5.74, 6) is 0.564.